The van der Waals surface area contributed by atoms with Crippen molar-refractivity contribution in [2.75, 3.05) is 6.54 Å². The van der Waals surface area contributed by atoms with Crippen molar-refractivity contribution in [1.29, 1.82) is 0 Å². The van der Waals surface area contributed by atoms with Crippen LogP contribution in [0.2, 0.25) is 0 Å². The first-order valence-electron chi connectivity index (χ1n) is 7.98. The zero-order valence-corrected chi connectivity index (χ0v) is 12.8. The van der Waals surface area contributed by atoms with Crippen molar-refractivity contribution in [3.8, 4) is 0 Å². The minimum Gasteiger partial charge on any atom is -0.367 e. The van der Waals surface area contributed by atoms with Crippen LogP contribution >= 0.6 is 0 Å². The molecule has 1 aliphatic heterocycles. The Labute approximate surface area is 127 Å². The van der Waals surface area contributed by atoms with Gasteiger partial charge in [-0.2, -0.15) is 0 Å². The highest BCUT2D eigenvalue weighted by atomic mass is 15.1. The maximum atomic E-state index is 2.54. The van der Waals surface area contributed by atoms with E-state index in [1.807, 2.05) is 0 Å². The highest BCUT2D eigenvalue weighted by Crippen LogP contribution is 2.31. The lowest BCUT2D eigenvalue weighted by atomic mass is 9.98. The van der Waals surface area contributed by atoms with Gasteiger partial charge in [-0.05, 0) is 29.2 Å². The molecule has 3 rings (SSSR count). The molecule has 2 aromatic carbocycles. The number of rotatable bonds is 5. The monoisotopic (exact) mass is 277 g/mol. The van der Waals surface area contributed by atoms with Crippen LogP contribution in [0.3, 0.4) is 0 Å². The van der Waals surface area contributed by atoms with Gasteiger partial charge in [0.05, 0.1) is 0 Å². The van der Waals surface area contributed by atoms with E-state index in [0.717, 1.165) is 13.1 Å². The average molecular weight is 277 g/mol. The van der Waals surface area contributed by atoms with Crippen LogP contribution in [-0.4, -0.2) is 11.4 Å². The molecule has 0 aliphatic carbocycles. The molecule has 0 N–H and O–H groups in total. The minimum atomic E-state index is 1.03. The lowest BCUT2D eigenvalue weighted by Crippen LogP contribution is -2.26. The molecule has 0 saturated carbocycles. The van der Waals surface area contributed by atoms with Crippen LogP contribution in [0.4, 0.5) is 0 Å². The summed E-state index contributed by atoms with van der Waals surface area (Å²) in [7, 11) is 0. The molecule has 0 saturated heterocycles. The summed E-state index contributed by atoms with van der Waals surface area (Å²) in [6, 6.07) is 19.5. The van der Waals surface area contributed by atoms with E-state index >= 15 is 0 Å². The molecule has 1 heterocycles. The maximum Gasteiger partial charge on any atom is 0.0448 e. The molecular weight excluding hydrogens is 254 g/mol. The third-order valence-corrected chi connectivity index (χ3v) is 4.15. The average Bonchev–Trinajstić information content (AvgIpc) is 2.55. The third kappa shape index (κ3) is 3.18. The Bertz CT molecular complexity index is 613. The molecule has 0 bridgehead atoms. The highest BCUT2D eigenvalue weighted by molar-refractivity contribution is 5.83. The molecule has 1 nitrogen and oxygen atoms in total. The Balaban J connectivity index is 1.92. The van der Waals surface area contributed by atoms with Crippen molar-refractivity contribution in [2.45, 2.75) is 32.7 Å². The van der Waals surface area contributed by atoms with Crippen LogP contribution in [0.25, 0.3) is 11.8 Å². The first-order valence-corrected chi connectivity index (χ1v) is 7.98. The molecule has 0 unspecified atom stereocenters. The predicted molar refractivity (Wildman–Crippen MR) is 90.7 cm³/mol. The number of benzene rings is 2. The summed E-state index contributed by atoms with van der Waals surface area (Å²) in [5.74, 6) is 0. The molecule has 1 heteroatoms. The number of hydrogen-bond donors (Lipinski definition) is 0. The van der Waals surface area contributed by atoms with Crippen molar-refractivity contribution >= 4 is 11.8 Å². The van der Waals surface area contributed by atoms with Crippen LogP contribution in [-0.2, 0) is 6.54 Å². The molecule has 21 heavy (non-hydrogen) atoms. The first-order chi connectivity index (χ1) is 10.4. The molecule has 0 atom stereocenters. The Morgan fingerprint density at radius 1 is 0.905 bits per heavy atom. The molecule has 0 spiro atoms. The summed E-state index contributed by atoms with van der Waals surface area (Å²) < 4.78 is 0. The SMILES string of the molecule is CCCCCN1Cc2ccccc2C=C1c1ccccc1. The van der Waals surface area contributed by atoms with Gasteiger partial charge in [0.2, 0.25) is 0 Å². The van der Waals surface area contributed by atoms with E-state index in [1.54, 1.807) is 0 Å². The van der Waals surface area contributed by atoms with Crippen LogP contribution in [0, 0.1) is 0 Å². The van der Waals surface area contributed by atoms with Gasteiger partial charge in [0.15, 0.2) is 0 Å². The summed E-state index contributed by atoms with van der Waals surface area (Å²) >= 11 is 0. The summed E-state index contributed by atoms with van der Waals surface area (Å²) in [5, 5.41) is 0. The molecule has 0 aromatic heterocycles. The van der Waals surface area contributed by atoms with Gasteiger partial charge < -0.3 is 4.90 Å². The van der Waals surface area contributed by atoms with Gasteiger partial charge in [-0.15, -0.1) is 0 Å². The maximum absolute atomic E-state index is 2.54. The number of fused-ring (bicyclic) bond motifs is 1. The molecule has 0 fully saturated rings. The van der Waals surface area contributed by atoms with E-state index in [4.69, 9.17) is 0 Å². The molecule has 0 amide bonds. The van der Waals surface area contributed by atoms with Crippen molar-refractivity contribution in [1.82, 2.24) is 4.90 Å². The van der Waals surface area contributed by atoms with Crippen molar-refractivity contribution in [2.24, 2.45) is 0 Å². The molecule has 108 valence electrons. The van der Waals surface area contributed by atoms with Gasteiger partial charge >= 0.3 is 0 Å². The van der Waals surface area contributed by atoms with Gasteiger partial charge in [-0.1, -0.05) is 74.4 Å². The fraction of sp³-hybridized carbons (Fsp3) is 0.300. The largest absolute Gasteiger partial charge is 0.367 e. The van der Waals surface area contributed by atoms with Crippen molar-refractivity contribution in [3.63, 3.8) is 0 Å². The molecule has 1 aliphatic rings. The summed E-state index contributed by atoms with van der Waals surface area (Å²) in [4.78, 5) is 2.54. The number of nitrogens with zero attached hydrogens (tertiary/aromatic N) is 1. The van der Waals surface area contributed by atoms with Gasteiger partial charge in [0.25, 0.3) is 0 Å². The highest BCUT2D eigenvalue weighted by Gasteiger charge is 2.18. The Morgan fingerprint density at radius 3 is 2.48 bits per heavy atom. The fourth-order valence-electron chi connectivity index (χ4n) is 2.98. The Morgan fingerprint density at radius 2 is 1.67 bits per heavy atom. The van der Waals surface area contributed by atoms with E-state index in [2.05, 4.69) is 72.5 Å². The summed E-state index contributed by atoms with van der Waals surface area (Å²) in [6.07, 6.45) is 6.19. The topological polar surface area (TPSA) is 3.24 Å². The smallest absolute Gasteiger partial charge is 0.0448 e. The van der Waals surface area contributed by atoms with E-state index in [0.29, 0.717) is 0 Å². The lowest BCUT2D eigenvalue weighted by Gasteiger charge is -2.32. The second kappa shape index (κ2) is 6.62. The lowest BCUT2D eigenvalue weighted by molar-refractivity contribution is 0.375. The standard InChI is InChI=1S/C20H23N/c1-2-3-9-14-21-16-19-13-8-7-12-18(19)15-20(21)17-10-5-4-6-11-17/h4-8,10-13,15H,2-3,9,14,16H2,1H3. The zero-order valence-electron chi connectivity index (χ0n) is 12.8. The third-order valence-electron chi connectivity index (χ3n) is 4.15. The Kier molecular flexibility index (Phi) is 4.40. The zero-order chi connectivity index (χ0) is 14.5. The van der Waals surface area contributed by atoms with Gasteiger partial charge in [-0.25, -0.2) is 0 Å². The quantitative estimate of drug-likeness (QED) is 0.680. The van der Waals surface area contributed by atoms with Gasteiger partial charge in [0.1, 0.15) is 0 Å². The van der Waals surface area contributed by atoms with Crippen LogP contribution in [0.15, 0.2) is 54.6 Å². The van der Waals surface area contributed by atoms with E-state index in [1.165, 1.54) is 41.6 Å². The second-order valence-electron chi connectivity index (χ2n) is 5.72. The van der Waals surface area contributed by atoms with Gasteiger partial charge in [-0.3, -0.25) is 0 Å². The van der Waals surface area contributed by atoms with Crippen LogP contribution in [0.1, 0.15) is 42.9 Å². The van der Waals surface area contributed by atoms with E-state index < -0.39 is 0 Å². The minimum absolute atomic E-state index is 1.03. The second-order valence-corrected chi connectivity index (χ2v) is 5.72. The fourth-order valence-corrected chi connectivity index (χ4v) is 2.98. The van der Waals surface area contributed by atoms with Gasteiger partial charge in [0, 0.05) is 18.8 Å². The summed E-state index contributed by atoms with van der Waals surface area (Å²) in [6.45, 7) is 4.43. The Hall–Kier alpha value is -2.02. The first kappa shape index (κ1) is 13.9. The van der Waals surface area contributed by atoms with E-state index in [-0.39, 0.29) is 0 Å². The van der Waals surface area contributed by atoms with Crippen molar-refractivity contribution < 1.29 is 0 Å². The molecule has 0 radical (unpaired) electrons. The number of unbranched alkanes of at least 4 members (excludes halogenated alkanes) is 2. The summed E-state index contributed by atoms with van der Waals surface area (Å²) in [5.41, 5.74) is 5.49. The van der Waals surface area contributed by atoms with Crippen LogP contribution in [0.5, 0.6) is 0 Å². The van der Waals surface area contributed by atoms with Crippen LogP contribution < -0.4 is 0 Å². The molecular formula is C20H23N. The van der Waals surface area contributed by atoms with Crippen molar-refractivity contribution in [3.05, 3.63) is 71.3 Å². The van der Waals surface area contributed by atoms with E-state index in [9.17, 15) is 0 Å². The molecule has 2 aromatic rings. The normalized spacial score (nSPS) is 13.8. The predicted octanol–water partition coefficient (Wildman–Crippen LogP) is 5.19. The number of hydrogen-bond acceptors (Lipinski definition) is 1.